The number of allylic oxidation sites excluding steroid dienone is 2. The van der Waals surface area contributed by atoms with E-state index in [0.717, 1.165) is 13.3 Å². The Morgan fingerprint density at radius 3 is 2.53 bits per heavy atom. The fourth-order valence-corrected chi connectivity index (χ4v) is 3.22. The third-order valence-corrected chi connectivity index (χ3v) is 6.19. The second-order valence-electron chi connectivity index (χ2n) is 9.68. The Morgan fingerprint density at radius 1 is 1.26 bits per heavy atom. The maximum atomic E-state index is 14.7. The lowest BCUT2D eigenvalue weighted by Gasteiger charge is -2.22. The number of nitrogens with zero attached hydrogens (tertiary/aromatic N) is 1. The van der Waals surface area contributed by atoms with Crippen molar-refractivity contribution < 1.29 is 27.4 Å². The van der Waals surface area contributed by atoms with E-state index in [9.17, 15) is 18.0 Å². The molecule has 0 aliphatic carbocycles. The molecule has 0 aliphatic heterocycles. The van der Waals surface area contributed by atoms with Crippen LogP contribution in [0, 0.1) is 17.7 Å². The summed E-state index contributed by atoms with van der Waals surface area (Å²) in [6.07, 6.45) is 5.76. The molecule has 1 amide bonds. The minimum atomic E-state index is -2.13. The van der Waals surface area contributed by atoms with Crippen molar-refractivity contribution in [2.24, 2.45) is 22.6 Å². The average Bonchev–Trinajstić information content (AvgIpc) is 2.89. The number of amides is 1. The second kappa shape index (κ2) is 15.9. The largest absolute Gasteiger partial charge is 0.493 e. The van der Waals surface area contributed by atoms with E-state index >= 15 is 0 Å². The smallest absolute Gasteiger partial charge is 0.274 e. The summed E-state index contributed by atoms with van der Waals surface area (Å²) >= 11 is 0. The van der Waals surface area contributed by atoms with Crippen molar-refractivity contribution in [1.29, 1.82) is 0 Å². The number of anilines is 1. The number of hydrogen-bond acceptors (Lipinski definition) is 5. The first-order valence-corrected chi connectivity index (χ1v) is 12.9. The minimum Gasteiger partial charge on any atom is -0.493 e. The van der Waals surface area contributed by atoms with Crippen LogP contribution in [0.3, 0.4) is 0 Å². The van der Waals surface area contributed by atoms with Crippen molar-refractivity contribution in [2.45, 2.75) is 66.0 Å². The third-order valence-electron chi connectivity index (χ3n) is 6.19. The molecule has 0 radical (unpaired) electrons. The highest BCUT2D eigenvalue weighted by Crippen LogP contribution is 2.29. The second-order valence-corrected chi connectivity index (χ2v) is 9.68. The van der Waals surface area contributed by atoms with E-state index in [4.69, 9.17) is 15.2 Å². The van der Waals surface area contributed by atoms with Crippen molar-refractivity contribution in [2.75, 3.05) is 25.2 Å². The number of benzene rings is 1. The van der Waals surface area contributed by atoms with Gasteiger partial charge < -0.3 is 20.5 Å². The summed E-state index contributed by atoms with van der Waals surface area (Å²) in [5.41, 5.74) is 4.43. The van der Waals surface area contributed by atoms with Crippen LogP contribution < -0.4 is 11.1 Å². The van der Waals surface area contributed by atoms with E-state index in [1.165, 1.54) is 24.4 Å². The van der Waals surface area contributed by atoms with Gasteiger partial charge in [-0.3, -0.25) is 4.79 Å². The van der Waals surface area contributed by atoms with Gasteiger partial charge in [-0.1, -0.05) is 41.2 Å². The quantitative estimate of drug-likeness (QED) is 0.176. The van der Waals surface area contributed by atoms with Gasteiger partial charge in [0.1, 0.15) is 30.6 Å². The van der Waals surface area contributed by atoms with E-state index in [1.807, 2.05) is 34.6 Å². The predicted molar refractivity (Wildman–Crippen MR) is 148 cm³/mol. The molecule has 1 aromatic rings. The number of carbonyl (C=O) groups excluding carboxylic acids is 1. The number of alkyl halides is 2. The summed E-state index contributed by atoms with van der Waals surface area (Å²) in [6.45, 7) is 12.9. The van der Waals surface area contributed by atoms with E-state index in [-0.39, 0.29) is 23.5 Å². The van der Waals surface area contributed by atoms with Crippen LogP contribution in [0.25, 0.3) is 0 Å². The molecule has 0 saturated carbocycles. The molecule has 0 fully saturated rings. The molecule has 1 rings (SSSR count). The maximum Gasteiger partial charge on any atom is 0.274 e. The Kier molecular flexibility index (Phi) is 13.7. The molecule has 3 N–H and O–H groups in total. The monoisotopic (exact) mass is 537 g/mol. The molecule has 0 aromatic heterocycles. The zero-order valence-electron chi connectivity index (χ0n) is 23.3. The number of ether oxygens (including phenoxy) is 2. The molecule has 9 heteroatoms. The Morgan fingerprint density at radius 2 is 1.95 bits per heavy atom. The summed E-state index contributed by atoms with van der Waals surface area (Å²) in [5, 5.41) is 2.71. The fourth-order valence-electron chi connectivity index (χ4n) is 3.22. The van der Waals surface area contributed by atoms with Crippen LogP contribution >= 0.6 is 0 Å². The number of rotatable bonds is 16. The van der Waals surface area contributed by atoms with Gasteiger partial charge in [0.15, 0.2) is 11.6 Å². The maximum absolute atomic E-state index is 14.7. The molecule has 212 valence electrons. The molecular weight excluding hydrogens is 495 g/mol. The van der Waals surface area contributed by atoms with Gasteiger partial charge in [0.2, 0.25) is 0 Å². The Labute approximate surface area is 224 Å². The number of carbonyl (C=O) groups is 1. The highest BCUT2D eigenvalue weighted by Gasteiger charge is 2.25. The molecule has 0 spiro atoms. The van der Waals surface area contributed by atoms with Crippen molar-refractivity contribution in [3.05, 3.63) is 66.2 Å². The van der Waals surface area contributed by atoms with E-state index in [0.29, 0.717) is 35.9 Å². The molecule has 0 aliphatic rings. The van der Waals surface area contributed by atoms with Crippen LogP contribution in [0.1, 0.15) is 65.9 Å². The summed E-state index contributed by atoms with van der Waals surface area (Å²) < 4.78 is 52.5. The molecule has 4 atom stereocenters. The first-order chi connectivity index (χ1) is 17.9. The van der Waals surface area contributed by atoms with Crippen LogP contribution in [-0.4, -0.2) is 37.2 Å². The van der Waals surface area contributed by atoms with Gasteiger partial charge in [-0.05, 0) is 67.5 Å². The number of aliphatic imine (C=N–C) groups is 1. The molecule has 38 heavy (non-hydrogen) atoms. The average molecular weight is 538 g/mol. The van der Waals surface area contributed by atoms with Crippen LogP contribution in [0.4, 0.5) is 18.9 Å². The highest BCUT2D eigenvalue weighted by atomic mass is 19.2. The summed E-state index contributed by atoms with van der Waals surface area (Å²) in [4.78, 5) is 17.0. The Hall–Kier alpha value is -3.23. The van der Waals surface area contributed by atoms with Crippen LogP contribution in [0.2, 0.25) is 0 Å². The van der Waals surface area contributed by atoms with Crippen LogP contribution in [-0.2, 0) is 14.3 Å². The normalized spacial score (nSPS) is 16.7. The van der Waals surface area contributed by atoms with Crippen molar-refractivity contribution in [3.63, 3.8) is 0 Å². The van der Waals surface area contributed by atoms with Gasteiger partial charge in [-0.2, -0.15) is 0 Å². The van der Waals surface area contributed by atoms with Crippen LogP contribution in [0.5, 0.6) is 0 Å². The number of nitrogens with two attached hydrogens (primary N) is 1. The lowest BCUT2D eigenvalue weighted by atomic mass is 9.89. The summed E-state index contributed by atoms with van der Waals surface area (Å²) in [5.74, 6) is -0.735. The summed E-state index contributed by atoms with van der Waals surface area (Å²) in [7, 11) is 0. The lowest BCUT2D eigenvalue weighted by Crippen LogP contribution is -2.28. The minimum absolute atomic E-state index is 0.0261. The summed E-state index contributed by atoms with van der Waals surface area (Å²) in [6, 6.07) is 4.32. The first-order valence-electron chi connectivity index (χ1n) is 12.9. The SMILES string of the molecule is C=C/C(=N\C=C(\OCC(C)(F)CF)C(C)CC)C(=O)Nc1ccc(F)c(C(C)C(C)CO/C(N)=C/CC)c1. The molecule has 0 saturated heterocycles. The zero-order valence-corrected chi connectivity index (χ0v) is 23.3. The fraction of sp³-hybridized carbons (Fsp3) is 0.517. The highest BCUT2D eigenvalue weighted by molar-refractivity contribution is 6.47. The van der Waals surface area contributed by atoms with Gasteiger partial charge >= 0.3 is 0 Å². The molecule has 4 unspecified atom stereocenters. The van der Waals surface area contributed by atoms with Gasteiger partial charge in [0, 0.05) is 11.6 Å². The third kappa shape index (κ3) is 10.6. The Bertz CT molecular complexity index is 1020. The number of nitrogens with one attached hydrogen (secondary N) is 1. The predicted octanol–water partition coefficient (Wildman–Crippen LogP) is 6.96. The number of halogens is 3. The van der Waals surface area contributed by atoms with Gasteiger partial charge in [0.25, 0.3) is 5.91 Å². The standard InChI is InChI=1S/C29H42F3N3O3/c1-8-11-27(33)37-16-20(5)21(6)23-14-22(12-13-24(23)31)35-28(36)25(10-3)34-15-26(19(4)9-2)38-18-29(7,32)17-30/h10-15,19-21H,3,8-9,16-18,33H2,1-2,4-7H3,(H,35,36)/b26-15+,27-11+,34-25+. The molecule has 0 heterocycles. The molecule has 0 bridgehead atoms. The molecular formula is C29H42F3N3O3. The van der Waals surface area contributed by atoms with Crippen LogP contribution in [0.15, 0.2) is 59.8 Å². The van der Waals surface area contributed by atoms with Crippen molar-refractivity contribution in [1.82, 2.24) is 0 Å². The molecule has 1 aromatic carbocycles. The van der Waals surface area contributed by atoms with Crippen molar-refractivity contribution >= 4 is 17.3 Å². The number of hydrogen-bond donors (Lipinski definition) is 2. The van der Waals surface area contributed by atoms with Gasteiger partial charge in [-0.25, -0.2) is 18.2 Å². The first kappa shape index (κ1) is 32.8. The van der Waals surface area contributed by atoms with Gasteiger partial charge in [-0.15, -0.1) is 0 Å². The van der Waals surface area contributed by atoms with Gasteiger partial charge in [0.05, 0.1) is 12.8 Å². The zero-order chi connectivity index (χ0) is 28.9. The van der Waals surface area contributed by atoms with E-state index < -0.39 is 30.7 Å². The topological polar surface area (TPSA) is 85.9 Å². The Balaban J connectivity index is 3.07. The molecule has 6 nitrogen and oxygen atoms in total. The van der Waals surface area contributed by atoms with Crippen molar-refractivity contribution in [3.8, 4) is 0 Å². The van der Waals surface area contributed by atoms with E-state index in [1.54, 1.807) is 12.1 Å². The van der Waals surface area contributed by atoms with E-state index in [2.05, 4.69) is 16.9 Å². The lowest BCUT2D eigenvalue weighted by molar-refractivity contribution is -0.110.